The molecule has 8 heteroatoms. The maximum Gasteiger partial charge on any atom is 0.288 e. The molecule has 114 valence electrons. The quantitative estimate of drug-likeness (QED) is 0.888. The standard InChI is InChI=1S/C14H16N6O2/c15-6-11-3-4-12(22-11)8-19-5-1-2-10(7-19)20-9-17-14(18-20)13(16)21/h3-4,9-10H,1-2,5,7-8H2,(H2,16,21). The van der Waals surface area contributed by atoms with Gasteiger partial charge in [0.2, 0.25) is 11.6 Å². The van der Waals surface area contributed by atoms with Gasteiger partial charge in [0.05, 0.1) is 12.6 Å². The molecule has 3 heterocycles. The lowest BCUT2D eigenvalue weighted by Crippen LogP contribution is -2.36. The van der Waals surface area contributed by atoms with E-state index >= 15 is 0 Å². The molecule has 1 amide bonds. The third-order valence-corrected chi connectivity index (χ3v) is 3.73. The monoisotopic (exact) mass is 300 g/mol. The topological polar surface area (TPSA) is 114 Å². The number of nitrogens with zero attached hydrogens (tertiary/aromatic N) is 5. The number of likely N-dealkylation sites (tertiary alicyclic amines) is 1. The summed E-state index contributed by atoms with van der Waals surface area (Å²) in [6.45, 7) is 2.39. The smallest absolute Gasteiger partial charge is 0.288 e. The fourth-order valence-electron chi connectivity index (χ4n) is 2.70. The minimum atomic E-state index is -0.619. The Balaban J connectivity index is 1.65. The highest BCUT2D eigenvalue weighted by Gasteiger charge is 2.23. The molecule has 1 atom stereocenters. The van der Waals surface area contributed by atoms with Gasteiger partial charge in [-0.3, -0.25) is 9.69 Å². The first-order valence-electron chi connectivity index (χ1n) is 7.08. The van der Waals surface area contributed by atoms with Crippen molar-refractivity contribution in [2.45, 2.75) is 25.4 Å². The fraction of sp³-hybridized carbons (Fsp3) is 0.429. The highest BCUT2D eigenvalue weighted by atomic mass is 16.3. The summed E-state index contributed by atoms with van der Waals surface area (Å²) in [6.07, 6.45) is 3.54. The Labute approximate surface area is 127 Å². The number of aromatic nitrogens is 3. The molecule has 3 rings (SSSR count). The van der Waals surface area contributed by atoms with Crippen molar-refractivity contribution in [2.75, 3.05) is 13.1 Å². The molecular formula is C14H16N6O2. The molecule has 8 nitrogen and oxygen atoms in total. The second kappa shape index (κ2) is 5.99. The van der Waals surface area contributed by atoms with Crippen LogP contribution in [0.15, 0.2) is 22.9 Å². The maximum absolute atomic E-state index is 11.1. The van der Waals surface area contributed by atoms with Crippen molar-refractivity contribution in [2.24, 2.45) is 5.73 Å². The van der Waals surface area contributed by atoms with Crippen molar-refractivity contribution in [1.29, 1.82) is 5.26 Å². The highest BCUT2D eigenvalue weighted by Crippen LogP contribution is 2.22. The number of rotatable bonds is 4. The number of piperidine rings is 1. The van der Waals surface area contributed by atoms with E-state index in [1.54, 1.807) is 17.1 Å². The van der Waals surface area contributed by atoms with Crippen molar-refractivity contribution >= 4 is 5.91 Å². The van der Waals surface area contributed by atoms with Gasteiger partial charge in [-0.15, -0.1) is 5.10 Å². The maximum atomic E-state index is 11.1. The van der Waals surface area contributed by atoms with E-state index in [0.717, 1.165) is 31.7 Å². The molecule has 1 aliphatic heterocycles. The number of nitriles is 1. The molecule has 0 saturated carbocycles. The third kappa shape index (κ3) is 2.99. The summed E-state index contributed by atoms with van der Waals surface area (Å²) in [6, 6.07) is 5.63. The number of carbonyl (C=O) groups excluding carboxylic acids is 1. The summed E-state index contributed by atoms with van der Waals surface area (Å²) < 4.78 is 7.12. The zero-order chi connectivity index (χ0) is 15.5. The van der Waals surface area contributed by atoms with Crippen molar-refractivity contribution < 1.29 is 9.21 Å². The van der Waals surface area contributed by atoms with Gasteiger partial charge < -0.3 is 10.2 Å². The zero-order valence-corrected chi connectivity index (χ0v) is 12.0. The van der Waals surface area contributed by atoms with Gasteiger partial charge in [0, 0.05) is 6.54 Å². The number of carbonyl (C=O) groups is 1. The van der Waals surface area contributed by atoms with Gasteiger partial charge in [0.1, 0.15) is 18.2 Å². The van der Waals surface area contributed by atoms with Crippen LogP contribution in [0, 0.1) is 11.3 Å². The van der Waals surface area contributed by atoms with Crippen LogP contribution in [0.2, 0.25) is 0 Å². The van der Waals surface area contributed by atoms with Gasteiger partial charge in [-0.1, -0.05) is 0 Å². The molecule has 2 N–H and O–H groups in total. The summed E-state index contributed by atoms with van der Waals surface area (Å²) in [5.74, 6) is 0.521. The second-order valence-corrected chi connectivity index (χ2v) is 5.32. The van der Waals surface area contributed by atoms with Crippen molar-refractivity contribution in [3.63, 3.8) is 0 Å². The molecule has 2 aromatic rings. The molecule has 1 saturated heterocycles. The molecule has 0 bridgehead atoms. The molecular weight excluding hydrogens is 284 g/mol. The Morgan fingerprint density at radius 2 is 2.41 bits per heavy atom. The first-order chi connectivity index (χ1) is 10.7. The van der Waals surface area contributed by atoms with Gasteiger partial charge in [-0.25, -0.2) is 9.67 Å². The van der Waals surface area contributed by atoms with Gasteiger partial charge in [-0.2, -0.15) is 5.26 Å². The highest BCUT2D eigenvalue weighted by molar-refractivity contribution is 5.88. The van der Waals surface area contributed by atoms with E-state index < -0.39 is 5.91 Å². The van der Waals surface area contributed by atoms with Gasteiger partial charge in [-0.05, 0) is 31.5 Å². The third-order valence-electron chi connectivity index (χ3n) is 3.73. The molecule has 1 unspecified atom stereocenters. The average Bonchev–Trinajstić information content (AvgIpc) is 3.16. The number of nitrogens with two attached hydrogens (primary N) is 1. The predicted molar refractivity (Wildman–Crippen MR) is 75.5 cm³/mol. The molecule has 0 spiro atoms. The Morgan fingerprint density at radius 3 is 3.09 bits per heavy atom. The van der Waals surface area contributed by atoms with Gasteiger partial charge in [0.15, 0.2) is 0 Å². The van der Waals surface area contributed by atoms with E-state index in [-0.39, 0.29) is 11.9 Å². The van der Waals surface area contributed by atoms with Crippen molar-refractivity contribution in [3.8, 4) is 6.07 Å². The van der Waals surface area contributed by atoms with Crippen LogP contribution >= 0.6 is 0 Å². The van der Waals surface area contributed by atoms with Crippen LogP contribution in [0.25, 0.3) is 0 Å². The molecule has 1 fully saturated rings. The molecule has 0 aromatic carbocycles. The van der Waals surface area contributed by atoms with Gasteiger partial charge >= 0.3 is 0 Å². The normalized spacial score (nSPS) is 19.0. The summed E-state index contributed by atoms with van der Waals surface area (Å²) in [7, 11) is 0. The van der Waals surface area contributed by atoms with E-state index in [2.05, 4.69) is 15.0 Å². The lowest BCUT2D eigenvalue weighted by molar-refractivity contribution is 0.0988. The summed E-state index contributed by atoms with van der Waals surface area (Å²) in [4.78, 5) is 17.2. The Bertz CT molecular complexity index is 713. The Kier molecular flexibility index (Phi) is 3.89. The van der Waals surface area contributed by atoms with E-state index in [1.807, 2.05) is 12.1 Å². The molecule has 2 aromatic heterocycles. The number of furan rings is 1. The first-order valence-corrected chi connectivity index (χ1v) is 7.08. The number of primary amides is 1. The van der Waals surface area contributed by atoms with E-state index in [4.69, 9.17) is 15.4 Å². The lowest BCUT2D eigenvalue weighted by atomic mass is 10.1. The number of hydrogen-bond donors (Lipinski definition) is 1. The number of amides is 1. The minimum absolute atomic E-state index is 0.0434. The molecule has 22 heavy (non-hydrogen) atoms. The van der Waals surface area contributed by atoms with Crippen LogP contribution in [0.4, 0.5) is 0 Å². The van der Waals surface area contributed by atoms with Crippen molar-refractivity contribution in [3.05, 3.63) is 35.8 Å². The SMILES string of the molecule is N#Cc1ccc(CN2CCCC(n3cnc(C(N)=O)n3)C2)o1. The van der Waals surface area contributed by atoms with E-state index in [0.29, 0.717) is 12.3 Å². The first kappa shape index (κ1) is 14.3. The van der Waals surface area contributed by atoms with Crippen LogP contribution in [0.1, 0.15) is 41.0 Å². The van der Waals surface area contributed by atoms with Gasteiger partial charge in [0.25, 0.3) is 5.91 Å². The zero-order valence-electron chi connectivity index (χ0n) is 12.0. The molecule has 0 aliphatic carbocycles. The lowest BCUT2D eigenvalue weighted by Gasteiger charge is -2.31. The number of hydrogen-bond acceptors (Lipinski definition) is 6. The molecule has 0 radical (unpaired) electrons. The van der Waals surface area contributed by atoms with Crippen LogP contribution in [-0.4, -0.2) is 38.7 Å². The van der Waals surface area contributed by atoms with Crippen LogP contribution in [-0.2, 0) is 6.54 Å². The fourth-order valence-corrected chi connectivity index (χ4v) is 2.70. The summed E-state index contributed by atoms with van der Waals surface area (Å²) in [5.41, 5.74) is 5.18. The van der Waals surface area contributed by atoms with Crippen LogP contribution in [0.3, 0.4) is 0 Å². The second-order valence-electron chi connectivity index (χ2n) is 5.32. The molecule has 1 aliphatic rings. The van der Waals surface area contributed by atoms with E-state index in [1.165, 1.54) is 0 Å². The average molecular weight is 300 g/mol. The Morgan fingerprint density at radius 1 is 1.55 bits per heavy atom. The van der Waals surface area contributed by atoms with Crippen molar-refractivity contribution in [1.82, 2.24) is 19.7 Å². The predicted octanol–water partition coefficient (Wildman–Crippen LogP) is 0.679. The Hall–Kier alpha value is -2.66. The largest absolute Gasteiger partial charge is 0.449 e. The summed E-state index contributed by atoms with van der Waals surface area (Å²) >= 11 is 0. The minimum Gasteiger partial charge on any atom is -0.449 e. The van der Waals surface area contributed by atoms with Crippen LogP contribution in [0.5, 0.6) is 0 Å². The summed E-state index contributed by atoms with van der Waals surface area (Å²) in [5, 5.41) is 12.9. The van der Waals surface area contributed by atoms with Crippen LogP contribution < -0.4 is 5.73 Å². The van der Waals surface area contributed by atoms with E-state index in [9.17, 15) is 4.79 Å².